The van der Waals surface area contributed by atoms with Crippen molar-refractivity contribution in [1.82, 2.24) is 4.83 Å². The summed E-state index contributed by atoms with van der Waals surface area (Å²) in [6, 6.07) is 7.19. The van der Waals surface area contributed by atoms with Crippen LogP contribution in [-0.4, -0.2) is 19.2 Å². The van der Waals surface area contributed by atoms with Crippen LogP contribution in [0.1, 0.15) is 18.2 Å². The van der Waals surface area contributed by atoms with E-state index < -0.39 is 15.6 Å². The predicted molar refractivity (Wildman–Crippen MR) is 88.1 cm³/mol. The summed E-state index contributed by atoms with van der Waals surface area (Å²) in [5, 5.41) is 13.5. The van der Waals surface area contributed by atoms with Crippen LogP contribution in [0.5, 0.6) is 5.75 Å². The zero-order valence-electron chi connectivity index (χ0n) is 12.2. The van der Waals surface area contributed by atoms with Crippen LogP contribution >= 0.6 is 15.9 Å². The molecule has 0 aliphatic rings. The fourth-order valence-corrected chi connectivity index (χ4v) is 2.90. The second-order valence-corrected chi connectivity index (χ2v) is 7.23. The lowest BCUT2D eigenvalue weighted by Crippen LogP contribution is -2.22. The molecule has 0 saturated heterocycles. The summed E-state index contributed by atoms with van der Waals surface area (Å²) in [7, 11) is -3.89. The second-order valence-electron chi connectivity index (χ2n) is 4.65. The quantitative estimate of drug-likeness (QED) is 0.603. The van der Waals surface area contributed by atoms with Gasteiger partial charge in [0.2, 0.25) is 0 Å². The fraction of sp³-hybridized carbons (Fsp3) is 0.143. The molecule has 2 aromatic rings. The lowest BCUT2D eigenvalue weighted by Gasteiger charge is -2.06. The minimum atomic E-state index is -3.89. The standard InChI is InChI=1S/C14H13BrN2O5S/c1-8-7-12(18)13(14(19)22-8)9(2)16-17-23(20,21)11-5-3-10(15)4-6-11/h3-7,17-18H,1-2H3/b16-9-. The van der Waals surface area contributed by atoms with Crippen molar-refractivity contribution >= 4 is 31.7 Å². The van der Waals surface area contributed by atoms with Gasteiger partial charge in [-0.05, 0) is 38.1 Å². The van der Waals surface area contributed by atoms with Crippen LogP contribution < -0.4 is 10.5 Å². The molecule has 122 valence electrons. The first-order chi connectivity index (χ1) is 10.7. The molecule has 2 rings (SSSR count). The molecule has 0 unspecified atom stereocenters. The van der Waals surface area contributed by atoms with Gasteiger partial charge in [0.15, 0.2) is 0 Å². The molecular weight excluding hydrogens is 388 g/mol. The number of aryl methyl sites for hydroxylation is 1. The van der Waals surface area contributed by atoms with Crippen LogP contribution in [-0.2, 0) is 10.0 Å². The van der Waals surface area contributed by atoms with E-state index in [0.717, 1.165) is 4.47 Å². The Labute approximate surface area is 140 Å². The van der Waals surface area contributed by atoms with Crippen LogP contribution in [0, 0.1) is 6.92 Å². The van der Waals surface area contributed by atoms with Gasteiger partial charge in [-0.1, -0.05) is 15.9 Å². The molecule has 1 aromatic heterocycles. The number of rotatable bonds is 4. The Morgan fingerprint density at radius 1 is 1.30 bits per heavy atom. The Hall–Kier alpha value is -2.13. The third kappa shape index (κ3) is 3.99. The molecule has 0 atom stereocenters. The second kappa shape index (κ2) is 6.55. The molecule has 23 heavy (non-hydrogen) atoms. The van der Waals surface area contributed by atoms with Crippen molar-refractivity contribution in [3.8, 4) is 5.75 Å². The van der Waals surface area contributed by atoms with E-state index in [4.69, 9.17) is 4.42 Å². The minimum absolute atomic E-state index is 0.0115. The highest BCUT2D eigenvalue weighted by Crippen LogP contribution is 2.16. The Morgan fingerprint density at radius 2 is 1.91 bits per heavy atom. The van der Waals surface area contributed by atoms with E-state index in [1.807, 2.05) is 4.83 Å². The smallest absolute Gasteiger partial charge is 0.348 e. The summed E-state index contributed by atoms with van der Waals surface area (Å²) in [4.78, 5) is 13.8. The number of hydrogen-bond donors (Lipinski definition) is 2. The fourth-order valence-electron chi connectivity index (χ4n) is 1.78. The zero-order chi connectivity index (χ0) is 17.2. The van der Waals surface area contributed by atoms with E-state index in [1.54, 1.807) is 12.1 Å². The third-order valence-corrected chi connectivity index (χ3v) is 4.63. The van der Waals surface area contributed by atoms with Crippen molar-refractivity contribution in [3.05, 3.63) is 56.5 Å². The van der Waals surface area contributed by atoms with Gasteiger partial charge >= 0.3 is 5.63 Å². The van der Waals surface area contributed by atoms with Crippen molar-refractivity contribution in [2.45, 2.75) is 18.7 Å². The van der Waals surface area contributed by atoms with E-state index in [2.05, 4.69) is 21.0 Å². The highest BCUT2D eigenvalue weighted by molar-refractivity contribution is 9.10. The van der Waals surface area contributed by atoms with Gasteiger partial charge in [0, 0.05) is 10.5 Å². The number of nitrogens with zero attached hydrogens (tertiary/aromatic N) is 1. The summed E-state index contributed by atoms with van der Waals surface area (Å²) in [5.74, 6) is -0.0951. The highest BCUT2D eigenvalue weighted by Gasteiger charge is 2.16. The van der Waals surface area contributed by atoms with Gasteiger partial charge in [-0.25, -0.2) is 4.79 Å². The van der Waals surface area contributed by atoms with Gasteiger partial charge in [0.25, 0.3) is 10.0 Å². The highest BCUT2D eigenvalue weighted by atomic mass is 79.9. The Kier molecular flexibility index (Phi) is 4.90. The Balaban J connectivity index is 2.33. The van der Waals surface area contributed by atoms with Crippen LogP contribution in [0.3, 0.4) is 0 Å². The van der Waals surface area contributed by atoms with Gasteiger partial charge in [-0.3, -0.25) is 0 Å². The Bertz CT molecular complexity index is 917. The SMILES string of the molecule is C/C(=N/NS(=O)(=O)c1ccc(Br)cc1)c1c(O)cc(C)oc1=O. The summed E-state index contributed by atoms with van der Waals surface area (Å²) >= 11 is 3.21. The number of halogens is 1. The van der Waals surface area contributed by atoms with Crippen molar-refractivity contribution in [2.24, 2.45) is 5.10 Å². The number of hydrazone groups is 1. The van der Waals surface area contributed by atoms with Crippen molar-refractivity contribution in [2.75, 3.05) is 0 Å². The van der Waals surface area contributed by atoms with Gasteiger partial charge in [-0.2, -0.15) is 18.4 Å². The number of sulfonamides is 1. The normalized spacial score (nSPS) is 12.2. The minimum Gasteiger partial charge on any atom is -0.507 e. The molecule has 0 radical (unpaired) electrons. The van der Waals surface area contributed by atoms with Gasteiger partial charge in [0.05, 0.1) is 10.6 Å². The molecule has 1 heterocycles. The molecule has 0 aliphatic carbocycles. The van der Waals surface area contributed by atoms with Gasteiger partial charge < -0.3 is 9.52 Å². The number of hydrogen-bond acceptors (Lipinski definition) is 6. The molecule has 1 aromatic carbocycles. The van der Waals surface area contributed by atoms with Crippen LogP contribution in [0.25, 0.3) is 0 Å². The van der Waals surface area contributed by atoms with E-state index in [9.17, 15) is 18.3 Å². The molecular formula is C14H13BrN2O5S. The molecule has 0 spiro atoms. The van der Waals surface area contributed by atoms with Crippen molar-refractivity contribution in [1.29, 1.82) is 0 Å². The molecule has 7 nitrogen and oxygen atoms in total. The van der Waals surface area contributed by atoms with E-state index in [1.165, 1.54) is 32.0 Å². The number of benzene rings is 1. The summed E-state index contributed by atoms with van der Waals surface area (Å²) < 4.78 is 29.8. The first-order valence-electron chi connectivity index (χ1n) is 6.36. The molecule has 0 fully saturated rings. The largest absolute Gasteiger partial charge is 0.507 e. The van der Waals surface area contributed by atoms with Crippen LogP contribution in [0.4, 0.5) is 0 Å². The molecule has 2 N–H and O–H groups in total. The maximum atomic E-state index is 12.1. The maximum Gasteiger partial charge on any atom is 0.348 e. The van der Waals surface area contributed by atoms with Crippen LogP contribution in [0.15, 0.2) is 54.0 Å². The lowest BCUT2D eigenvalue weighted by molar-refractivity contribution is 0.432. The molecule has 0 saturated carbocycles. The van der Waals surface area contributed by atoms with Crippen LogP contribution in [0.2, 0.25) is 0 Å². The van der Waals surface area contributed by atoms with Gasteiger partial charge in [0.1, 0.15) is 17.1 Å². The summed E-state index contributed by atoms with van der Waals surface area (Å²) in [5.41, 5.74) is -1.02. The first kappa shape index (κ1) is 17.2. The van der Waals surface area contributed by atoms with E-state index >= 15 is 0 Å². The van der Waals surface area contributed by atoms with E-state index in [-0.39, 0.29) is 27.7 Å². The molecule has 0 amide bonds. The van der Waals surface area contributed by atoms with E-state index in [0.29, 0.717) is 0 Å². The monoisotopic (exact) mass is 400 g/mol. The van der Waals surface area contributed by atoms with Crippen molar-refractivity contribution in [3.63, 3.8) is 0 Å². The summed E-state index contributed by atoms with van der Waals surface area (Å²) in [6.45, 7) is 2.89. The number of aromatic hydroxyl groups is 1. The Morgan fingerprint density at radius 3 is 2.48 bits per heavy atom. The average molecular weight is 401 g/mol. The zero-order valence-corrected chi connectivity index (χ0v) is 14.6. The molecule has 0 aliphatic heterocycles. The van der Waals surface area contributed by atoms with Crippen molar-refractivity contribution < 1.29 is 17.9 Å². The first-order valence-corrected chi connectivity index (χ1v) is 8.64. The molecule has 0 bridgehead atoms. The topological polar surface area (TPSA) is 109 Å². The average Bonchev–Trinajstić information content (AvgIpc) is 2.44. The number of nitrogens with one attached hydrogen (secondary N) is 1. The third-order valence-electron chi connectivity index (χ3n) is 2.87. The predicted octanol–water partition coefficient (Wildman–Crippen LogP) is 2.12. The lowest BCUT2D eigenvalue weighted by atomic mass is 10.2. The van der Waals surface area contributed by atoms with Gasteiger partial charge in [-0.15, -0.1) is 0 Å². The summed E-state index contributed by atoms with van der Waals surface area (Å²) in [6.07, 6.45) is 0. The maximum absolute atomic E-state index is 12.1. The molecule has 9 heteroatoms.